The van der Waals surface area contributed by atoms with E-state index in [-0.39, 0.29) is 29.3 Å². The summed E-state index contributed by atoms with van der Waals surface area (Å²) < 4.78 is 65.9. The summed E-state index contributed by atoms with van der Waals surface area (Å²) in [5.41, 5.74) is 0.290. The highest BCUT2D eigenvalue weighted by atomic mass is 32.2. The summed E-state index contributed by atoms with van der Waals surface area (Å²) >= 11 is 0. The average molecular weight is 412 g/mol. The molecule has 1 aliphatic heterocycles. The molecule has 0 aliphatic carbocycles. The lowest BCUT2D eigenvalue weighted by Crippen LogP contribution is -2.40. The number of anilines is 1. The maximum atomic E-state index is 14.0. The van der Waals surface area contributed by atoms with E-state index in [4.69, 9.17) is 9.47 Å². The molecule has 0 amide bonds. The van der Waals surface area contributed by atoms with Crippen LogP contribution < -0.4 is 10.1 Å². The molecule has 0 saturated carbocycles. The van der Waals surface area contributed by atoms with Gasteiger partial charge < -0.3 is 14.8 Å². The molecule has 28 heavy (non-hydrogen) atoms. The molecule has 2 aromatic rings. The van der Waals surface area contributed by atoms with E-state index >= 15 is 0 Å². The Bertz CT molecular complexity index is 927. The smallest absolute Gasteiger partial charge is 0.246 e. The lowest BCUT2D eigenvalue weighted by Gasteiger charge is -2.27. The molecule has 6 nitrogen and oxygen atoms in total. The molecule has 1 unspecified atom stereocenters. The standard InChI is InChI=1S/C19H22F2N2O4S/c1-13(19-15(20)4-3-5-16(19)21)22-14-6-7-17(26-2)18(12-14)28(24,25)23-8-10-27-11-9-23/h3-7,12-13,22H,8-11H2,1-2H3. The lowest BCUT2D eigenvalue weighted by atomic mass is 10.1. The number of rotatable bonds is 6. The van der Waals surface area contributed by atoms with Crippen LogP contribution in [0.25, 0.3) is 0 Å². The summed E-state index contributed by atoms with van der Waals surface area (Å²) in [5, 5.41) is 2.96. The fourth-order valence-corrected chi connectivity index (χ4v) is 4.73. The van der Waals surface area contributed by atoms with Crippen LogP contribution in [0.5, 0.6) is 5.75 Å². The molecule has 152 valence electrons. The number of ether oxygens (including phenoxy) is 2. The van der Waals surface area contributed by atoms with Crippen molar-refractivity contribution in [1.82, 2.24) is 4.31 Å². The van der Waals surface area contributed by atoms with Crippen LogP contribution in [0.1, 0.15) is 18.5 Å². The minimum absolute atomic E-state index is 0.0110. The highest BCUT2D eigenvalue weighted by Gasteiger charge is 2.29. The normalized spacial score (nSPS) is 16.6. The number of hydrogen-bond donors (Lipinski definition) is 1. The van der Waals surface area contributed by atoms with Crippen LogP contribution in [-0.4, -0.2) is 46.1 Å². The van der Waals surface area contributed by atoms with Gasteiger partial charge in [0, 0.05) is 24.3 Å². The zero-order valence-electron chi connectivity index (χ0n) is 15.6. The molecule has 1 saturated heterocycles. The molecule has 0 bridgehead atoms. The number of benzene rings is 2. The number of nitrogens with one attached hydrogen (secondary N) is 1. The van der Waals surface area contributed by atoms with E-state index < -0.39 is 27.7 Å². The van der Waals surface area contributed by atoms with Gasteiger partial charge in [0.15, 0.2) is 0 Å². The molecule has 1 heterocycles. The van der Waals surface area contributed by atoms with Crippen molar-refractivity contribution < 1.29 is 26.7 Å². The Morgan fingerprint density at radius 2 is 1.79 bits per heavy atom. The number of sulfonamides is 1. The summed E-state index contributed by atoms with van der Waals surface area (Å²) in [5.74, 6) is -1.15. The number of halogens is 2. The first kappa shape index (κ1) is 20.5. The van der Waals surface area contributed by atoms with Gasteiger partial charge in [-0.3, -0.25) is 0 Å². The Morgan fingerprint density at radius 3 is 2.39 bits per heavy atom. The van der Waals surface area contributed by atoms with Crippen molar-refractivity contribution in [1.29, 1.82) is 0 Å². The molecule has 3 rings (SSSR count). The van der Waals surface area contributed by atoms with E-state index in [9.17, 15) is 17.2 Å². The summed E-state index contributed by atoms with van der Waals surface area (Å²) in [6.07, 6.45) is 0. The van der Waals surface area contributed by atoms with Crippen LogP contribution >= 0.6 is 0 Å². The van der Waals surface area contributed by atoms with Gasteiger partial charge in [-0.15, -0.1) is 0 Å². The molecule has 0 spiro atoms. The number of morpholine rings is 1. The molecule has 1 fully saturated rings. The predicted molar refractivity (Wildman–Crippen MR) is 101 cm³/mol. The summed E-state index contributed by atoms with van der Waals surface area (Å²) in [7, 11) is -2.42. The maximum Gasteiger partial charge on any atom is 0.246 e. The number of nitrogens with zero attached hydrogens (tertiary/aromatic N) is 1. The fourth-order valence-electron chi connectivity index (χ4n) is 3.14. The Balaban J connectivity index is 1.93. The van der Waals surface area contributed by atoms with Crippen molar-refractivity contribution in [2.75, 3.05) is 38.7 Å². The Morgan fingerprint density at radius 1 is 1.14 bits per heavy atom. The van der Waals surface area contributed by atoms with E-state index in [0.29, 0.717) is 18.9 Å². The second-order valence-electron chi connectivity index (χ2n) is 6.38. The molecule has 1 atom stereocenters. The third kappa shape index (κ3) is 4.11. The van der Waals surface area contributed by atoms with Gasteiger partial charge in [-0.2, -0.15) is 4.31 Å². The fraction of sp³-hybridized carbons (Fsp3) is 0.368. The molecule has 1 N–H and O–H groups in total. The molecule has 1 aliphatic rings. The van der Waals surface area contributed by atoms with Gasteiger partial charge in [0.05, 0.1) is 26.4 Å². The summed E-state index contributed by atoms with van der Waals surface area (Å²) in [6.45, 7) is 2.74. The van der Waals surface area contributed by atoms with E-state index in [1.54, 1.807) is 13.0 Å². The first-order valence-corrected chi connectivity index (χ1v) is 10.2. The Labute approximate surface area is 163 Å². The van der Waals surface area contributed by atoms with Gasteiger partial charge in [0.2, 0.25) is 10.0 Å². The van der Waals surface area contributed by atoms with Crippen molar-refractivity contribution in [2.45, 2.75) is 17.9 Å². The van der Waals surface area contributed by atoms with Gasteiger partial charge in [-0.1, -0.05) is 6.07 Å². The van der Waals surface area contributed by atoms with Crippen molar-refractivity contribution in [3.8, 4) is 5.75 Å². The van der Waals surface area contributed by atoms with E-state index in [2.05, 4.69) is 5.32 Å². The summed E-state index contributed by atoms with van der Waals surface area (Å²) in [6, 6.07) is 7.47. The maximum absolute atomic E-state index is 14.0. The molecule has 2 aromatic carbocycles. The van der Waals surface area contributed by atoms with Crippen LogP contribution in [0.15, 0.2) is 41.3 Å². The first-order valence-electron chi connectivity index (χ1n) is 8.81. The minimum atomic E-state index is -3.80. The largest absolute Gasteiger partial charge is 0.495 e. The number of hydrogen-bond acceptors (Lipinski definition) is 5. The zero-order chi connectivity index (χ0) is 20.3. The SMILES string of the molecule is COc1ccc(NC(C)c2c(F)cccc2F)cc1S(=O)(=O)N1CCOCC1. The third-order valence-corrected chi connectivity index (χ3v) is 6.49. The highest BCUT2D eigenvalue weighted by molar-refractivity contribution is 7.89. The van der Waals surface area contributed by atoms with Gasteiger partial charge in [-0.05, 0) is 37.3 Å². The quantitative estimate of drug-likeness (QED) is 0.790. The average Bonchev–Trinajstić information content (AvgIpc) is 2.68. The number of methoxy groups -OCH3 is 1. The highest BCUT2D eigenvalue weighted by Crippen LogP contribution is 2.32. The van der Waals surface area contributed by atoms with Gasteiger partial charge in [-0.25, -0.2) is 17.2 Å². The van der Waals surface area contributed by atoms with Gasteiger partial charge >= 0.3 is 0 Å². The second-order valence-corrected chi connectivity index (χ2v) is 8.29. The first-order chi connectivity index (χ1) is 13.3. The van der Waals surface area contributed by atoms with Crippen LogP contribution in [0.2, 0.25) is 0 Å². The monoisotopic (exact) mass is 412 g/mol. The third-order valence-electron chi connectivity index (χ3n) is 4.57. The van der Waals surface area contributed by atoms with Crippen molar-refractivity contribution in [3.05, 3.63) is 53.6 Å². The van der Waals surface area contributed by atoms with Crippen LogP contribution in [-0.2, 0) is 14.8 Å². The van der Waals surface area contributed by atoms with Crippen molar-refractivity contribution in [3.63, 3.8) is 0 Å². The Hall–Kier alpha value is -2.23. The Kier molecular flexibility index (Phi) is 6.17. The minimum Gasteiger partial charge on any atom is -0.495 e. The topological polar surface area (TPSA) is 67.9 Å². The van der Waals surface area contributed by atoms with Gasteiger partial charge in [0.25, 0.3) is 0 Å². The van der Waals surface area contributed by atoms with E-state index in [0.717, 1.165) is 0 Å². The molecular weight excluding hydrogens is 390 g/mol. The van der Waals surface area contributed by atoms with Crippen molar-refractivity contribution >= 4 is 15.7 Å². The molecule has 9 heteroatoms. The van der Waals surface area contributed by atoms with Crippen LogP contribution in [0.3, 0.4) is 0 Å². The molecule has 0 radical (unpaired) electrons. The predicted octanol–water partition coefficient (Wildman–Crippen LogP) is 3.17. The van der Waals surface area contributed by atoms with E-state index in [1.807, 2.05) is 0 Å². The second kappa shape index (κ2) is 8.42. The van der Waals surface area contributed by atoms with Gasteiger partial charge in [0.1, 0.15) is 22.3 Å². The van der Waals surface area contributed by atoms with Crippen molar-refractivity contribution in [2.24, 2.45) is 0 Å². The zero-order valence-corrected chi connectivity index (χ0v) is 16.4. The molecule has 0 aromatic heterocycles. The lowest BCUT2D eigenvalue weighted by molar-refractivity contribution is 0.0729. The van der Waals surface area contributed by atoms with Crippen LogP contribution in [0.4, 0.5) is 14.5 Å². The van der Waals surface area contributed by atoms with E-state index in [1.165, 1.54) is 41.7 Å². The van der Waals surface area contributed by atoms with Crippen LogP contribution in [0, 0.1) is 11.6 Å². The molecular formula is C19H22F2N2O4S. The summed E-state index contributed by atoms with van der Waals surface area (Å²) in [4.78, 5) is -0.0110.